The molecule has 1 saturated carbocycles. The van der Waals surface area contributed by atoms with Crippen LogP contribution in [0.25, 0.3) is 11.0 Å². The summed E-state index contributed by atoms with van der Waals surface area (Å²) < 4.78 is 35.4. The van der Waals surface area contributed by atoms with Crippen molar-refractivity contribution in [3.63, 3.8) is 0 Å². The zero-order valence-corrected chi connectivity index (χ0v) is 20.0. The highest BCUT2D eigenvalue weighted by atomic mass is 32.2. The molecule has 8 heteroatoms. The van der Waals surface area contributed by atoms with Crippen LogP contribution < -0.4 is 4.74 Å². The lowest BCUT2D eigenvalue weighted by atomic mass is 10.2. The summed E-state index contributed by atoms with van der Waals surface area (Å²) in [5.74, 6) is 1.63. The van der Waals surface area contributed by atoms with Crippen LogP contribution in [0, 0.1) is 0 Å². The average Bonchev–Trinajstić information content (AvgIpc) is 3.58. The normalized spacial score (nSPS) is 18.0. The molecule has 2 fully saturated rings. The molecule has 5 rings (SSSR count). The summed E-state index contributed by atoms with van der Waals surface area (Å²) in [4.78, 5) is 5.28. The van der Waals surface area contributed by atoms with Crippen LogP contribution in [0.2, 0.25) is 0 Å². The molecule has 0 N–H and O–H groups in total. The van der Waals surface area contributed by atoms with E-state index >= 15 is 0 Å². The van der Waals surface area contributed by atoms with Crippen LogP contribution >= 0.6 is 11.8 Å². The standard InChI is InChI=1S/C24H29N3O3S2/c1-30-20-10-6-7-18(15-20)17-31-24-25-22-16-21(32(28,29)26-13-4-5-14-26)11-12-23(22)27(24)19-8-2-3-9-19/h6-7,10-12,15-16,19H,2-5,8-9,13-14,17H2,1H3. The number of rotatable bonds is 7. The monoisotopic (exact) mass is 471 g/mol. The Morgan fingerprint density at radius 2 is 1.84 bits per heavy atom. The number of imidazole rings is 1. The molecule has 0 unspecified atom stereocenters. The molecule has 170 valence electrons. The molecule has 0 amide bonds. The molecule has 32 heavy (non-hydrogen) atoms. The van der Waals surface area contributed by atoms with Crippen molar-refractivity contribution in [2.75, 3.05) is 20.2 Å². The number of benzene rings is 2. The van der Waals surface area contributed by atoms with Gasteiger partial charge < -0.3 is 9.30 Å². The Kier molecular flexibility index (Phi) is 6.18. The zero-order chi connectivity index (χ0) is 22.1. The molecule has 1 aliphatic carbocycles. The fraction of sp³-hybridized carbons (Fsp3) is 0.458. The van der Waals surface area contributed by atoms with Crippen molar-refractivity contribution in [3.05, 3.63) is 48.0 Å². The van der Waals surface area contributed by atoms with Crippen LogP contribution in [0.3, 0.4) is 0 Å². The minimum atomic E-state index is -3.45. The number of ether oxygens (including phenoxy) is 1. The summed E-state index contributed by atoms with van der Waals surface area (Å²) in [6, 6.07) is 14.0. The van der Waals surface area contributed by atoms with Gasteiger partial charge in [-0.2, -0.15) is 4.31 Å². The van der Waals surface area contributed by atoms with E-state index in [-0.39, 0.29) is 0 Å². The molecule has 6 nitrogen and oxygen atoms in total. The second-order valence-electron chi connectivity index (χ2n) is 8.60. The number of fused-ring (bicyclic) bond motifs is 1. The predicted molar refractivity (Wildman–Crippen MR) is 128 cm³/mol. The van der Waals surface area contributed by atoms with Crippen molar-refractivity contribution in [3.8, 4) is 5.75 Å². The number of sulfonamides is 1. The molecule has 2 heterocycles. The van der Waals surface area contributed by atoms with Gasteiger partial charge in [-0.15, -0.1) is 0 Å². The smallest absolute Gasteiger partial charge is 0.243 e. The number of aromatic nitrogens is 2. The van der Waals surface area contributed by atoms with E-state index in [4.69, 9.17) is 9.72 Å². The summed E-state index contributed by atoms with van der Waals surface area (Å²) in [6.07, 6.45) is 6.61. The third kappa shape index (κ3) is 4.16. The maximum Gasteiger partial charge on any atom is 0.243 e. The van der Waals surface area contributed by atoms with Crippen LogP contribution in [0.4, 0.5) is 0 Å². The SMILES string of the molecule is COc1cccc(CSc2nc3cc(S(=O)(=O)N4CCCC4)ccc3n2C2CCCC2)c1. The highest BCUT2D eigenvalue weighted by Crippen LogP contribution is 2.38. The first kappa shape index (κ1) is 21.8. The van der Waals surface area contributed by atoms with Crippen LogP contribution in [-0.4, -0.2) is 42.5 Å². The topological polar surface area (TPSA) is 64.4 Å². The fourth-order valence-electron chi connectivity index (χ4n) is 4.82. The van der Waals surface area contributed by atoms with Gasteiger partial charge in [0.15, 0.2) is 5.16 Å². The Morgan fingerprint density at radius 3 is 2.59 bits per heavy atom. The number of hydrogen-bond acceptors (Lipinski definition) is 5. The zero-order valence-electron chi connectivity index (χ0n) is 18.4. The van der Waals surface area contributed by atoms with Crippen molar-refractivity contribution in [1.29, 1.82) is 0 Å². The molecule has 0 spiro atoms. The van der Waals surface area contributed by atoms with Gasteiger partial charge >= 0.3 is 0 Å². The second kappa shape index (κ2) is 9.08. The lowest BCUT2D eigenvalue weighted by Gasteiger charge is -2.17. The first-order valence-electron chi connectivity index (χ1n) is 11.3. The van der Waals surface area contributed by atoms with Crippen molar-refractivity contribution in [2.24, 2.45) is 0 Å². The third-order valence-corrected chi connectivity index (χ3v) is 9.44. The Bertz CT molecular complexity index is 1210. The van der Waals surface area contributed by atoms with E-state index in [1.807, 2.05) is 18.2 Å². The van der Waals surface area contributed by atoms with Crippen LogP contribution in [0.15, 0.2) is 52.5 Å². The molecular formula is C24H29N3O3S2. The van der Waals surface area contributed by atoms with E-state index < -0.39 is 10.0 Å². The van der Waals surface area contributed by atoms with Gasteiger partial charge in [0.05, 0.1) is 23.0 Å². The molecule has 2 aromatic carbocycles. The maximum atomic E-state index is 13.1. The second-order valence-corrected chi connectivity index (χ2v) is 11.5. The first-order chi connectivity index (χ1) is 15.6. The van der Waals surface area contributed by atoms with Gasteiger partial charge in [-0.05, 0) is 61.6 Å². The molecule has 2 aliphatic rings. The number of methoxy groups -OCH3 is 1. The van der Waals surface area contributed by atoms with Gasteiger partial charge in [-0.3, -0.25) is 0 Å². The Balaban J connectivity index is 1.50. The van der Waals surface area contributed by atoms with E-state index in [0.29, 0.717) is 24.0 Å². The van der Waals surface area contributed by atoms with Gasteiger partial charge in [0.2, 0.25) is 10.0 Å². The Labute approximate surface area is 194 Å². The molecule has 0 bridgehead atoms. The third-order valence-electron chi connectivity index (χ3n) is 6.52. The molecule has 3 aromatic rings. The van der Waals surface area contributed by atoms with E-state index in [0.717, 1.165) is 53.4 Å². The summed E-state index contributed by atoms with van der Waals surface area (Å²) in [5, 5.41) is 0.963. The largest absolute Gasteiger partial charge is 0.497 e. The minimum Gasteiger partial charge on any atom is -0.497 e. The van der Waals surface area contributed by atoms with Crippen molar-refractivity contribution >= 4 is 32.8 Å². The van der Waals surface area contributed by atoms with E-state index in [1.165, 1.54) is 18.4 Å². The predicted octanol–water partition coefficient (Wildman–Crippen LogP) is 5.24. The van der Waals surface area contributed by atoms with Crippen LogP contribution in [0.5, 0.6) is 5.75 Å². The van der Waals surface area contributed by atoms with E-state index in [2.05, 4.69) is 16.7 Å². The van der Waals surface area contributed by atoms with Crippen molar-refractivity contribution in [1.82, 2.24) is 13.9 Å². The average molecular weight is 472 g/mol. The molecular weight excluding hydrogens is 442 g/mol. The number of thioether (sulfide) groups is 1. The number of hydrogen-bond donors (Lipinski definition) is 0. The highest BCUT2D eigenvalue weighted by Gasteiger charge is 2.29. The Hall–Kier alpha value is -2.03. The van der Waals surface area contributed by atoms with Gasteiger partial charge in [-0.25, -0.2) is 13.4 Å². The van der Waals surface area contributed by atoms with Crippen molar-refractivity contribution in [2.45, 2.75) is 60.4 Å². The van der Waals surface area contributed by atoms with Crippen LogP contribution in [-0.2, 0) is 15.8 Å². The summed E-state index contributed by atoms with van der Waals surface area (Å²) >= 11 is 1.71. The summed E-state index contributed by atoms with van der Waals surface area (Å²) in [5.41, 5.74) is 2.98. The number of nitrogens with zero attached hydrogens (tertiary/aromatic N) is 3. The molecule has 1 aliphatic heterocycles. The Morgan fingerprint density at radius 1 is 1.06 bits per heavy atom. The molecule has 0 atom stereocenters. The van der Waals surface area contributed by atoms with Gasteiger partial charge in [0.1, 0.15) is 5.75 Å². The van der Waals surface area contributed by atoms with Gasteiger partial charge in [0, 0.05) is 24.9 Å². The highest BCUT2D eigenvalue weighted by molar-refractivity contribution is 7.98. The van der Waals surface area contributed by atoms with Crippen LogP contribution in [0.1, 0.15) is 50.1 Å². The minimum absolute atomic E-state index is 0.354. The van der Waals surface area contributed by atoms with E-state index in [1.54, 1.807) is 35.3 Å². The fourth-order valence-corrected chi connectivity index (χ4v) is 7.38. The maximum absolute atomic E-state index is 13.1. The summed E-state index contributed by atoms with van der Waals surface area (Å²) in [6.45, 7) is 1.22. The summed E-state index contributed by atoms with van der Waals surface area (Å²) in [7, 11) is -1.77. The van der Waals surface area contributed by atoms with Gasteiger partial charge in [-0.1, -0.05) is 36.7 Å². The van der Waals surface area contributed by atoms with Gasteiger partial charge in [0.25, 0.3) is 0 Å². The van der Waals surface area contributed by atoms with Crippen molar-refractivity contribution < 1.29 is 13.2 Å². The first-order valence-corrected chi connectivity index (χ1v) is 13.8. The molecule has 1 aromatic heterocycles. The van der Waals surface area contributed by atoms with E-state index in [9.17, 15) is 8.42 Å². The lowest BCUT2D eigenvalue weighted by molar-refractivity contribution is 0.414. The quantitative estimate of drug-likeness (QED) is 0.441. The molecule has 0 radical (unpaired) electrons. The lowest BCUT2D eigenvalue weighted by Crippen LogP contribution is -2.27. The molecule has 1 saturated heterocycles.